The molecule has 0 atom stereocenters. The molecule has 10 nitrogen and oxygen atoms in total. The van der Waals surface area contributed by atoms with Gasteiger partial charge in [0.25, 0.3) is 5.91 Å². The van der Waals surface area contributed by atoms with Crippen LogP contribution < -0.4 is 14.9 Å². The smallest absolute Gasteiger partial charge is 0.315 e. The van der Waals surface area contributed by atoms with E-state index in [0.29, 0.717) is 10.7 Å². The molecule has 0 saturated heterocycles. The van der Waals surface area contributed by atoms with Gasteiger partial charge in [-0.2, -0.15) is 5.10 Å². The van der Waals surface area contributed by atoms with Gasteiger partial charge in [-0.3, -0.25) is 14.9 Å². The lowest BCUT2D eigenvalue weighted by Crippen LogP contribution is -2.19. The number of hydrogen-bond acceptors (Lipinski definition) is 8. The van der Waals surface area contributed by atoms with Gasteiger partial charge in [-0.1, -0.05) is 23.9 Å². The molecule has 162 valence electrons. The van der Waals surface area contributed by atoms with Crippen LogP contribution in [0.5, 0.6) is 11.5 Å². The number of aryl methyl sites for hydroxylation is 1. The summed E-state index contributed by atoms with van der Waals surface area (Å²) in [6, 6.07) is 10.6. The van der Waals surface area contributed by atoms with Gasteiger partial charge in [-0.05, 0) is 25.1 Å². The Kier molecular flexibility index (Phi) is 7.08. The fraction of sp³-hybridized carbons (Fsp3) is 0.250. The average molecular weight is 443 g/mol. The first kappa shape index (κ1) is 22.1. The molecule has 0 aliphatic rings. The van der Waals surface area contributed by atoms with Crippen LogP contribution in [0, 0.1) is 10.1 Å². The Bertz CT molecular complexity index is 1140. The van der Waals surface area contributed by atoms with Crippen molar-refractivity contribution in [2.75, 3.05) is 19.5 Å². The van der Waals surface area contributed by atoms with Gasteiger partial charge in [0.15, 0.2) is 10.9 Å². The van der Waals surface area contributed by atoms with Crippen molar-refractivity contribution < 1.29 is 19.2 Å². The molecule has 0 aliphatic heterocycles. The van der Waals surface area contributed by atoms with E-state index in [9.17, 15) is 14.9 Å². The molecule has 1 heterocycles. The lowest BCUT2D eigenvalue weighted by atomic mass is 10.2. The van der Waals surface area contributed by atoms with Gasteiger partial charge >= 0.3 is 5.69 Å². The zero-order valence-electron chi connectivity index (χ0n) is 17.2. The Morgan fingerprint density at radius 2 is 2.16 bits per heavy atom. The van der Waals surface area contributed by atoms with Crippen LogP contribution in [0.15, 0.2) is 46.7 Å². The third kappa shape index (κ3) is 5.12. The number of carbonyl (C=O) groups is 1. The topological polar surface area (TPSA) is 121 Å². The molecule has 0 radical (unpaired) electrons. The minimum atomic E-state index is -0.559. The normalized spacial score (nSPS) is 11.1. The van der Waals surface area contributed by atoms with Crippen LogP contribution in [0.4, 0.5) is 5.69 Å². The number of amides is 1. The Hall–Kier alpha value is -3.60. The molecule has 3 rings (SSSR count). The molecule has 31 heavy (non-hydrogen) atoms. The number of hydrogen-bond donors (Lipinski definition) is 1. The predicted octanol–water partition coefficient (Wildman–Crippen LogP) is 3.13. The Labute approximate surface area is 182 Å². The first-order valence-electron chi connectivity index (χ1n) is 9.30. The molecular weight excluding hydrogens is 422 g/mol. The number of aromatic nitrogens is 2. The standard InChI is InChI=1S/C20H21N5O5S/c1-4-30-19-16(25(27)28)9-13(10-17(19)29-3)11-21-23-18(26)12-31-20-22-14-7-5-6-8-15(14)24(20)2/h5-11H,4,12H2,1-3H3,(H,23,26)/b21-11-. The maximum Gasteiger partial charge on any atom is 0.315 e. The zero-order chi connectivity index (χ0) is 22.4. The van der Waals surface area contributed by atoms with Gasteiger partial charge < -0.3 is 14.0 Å². The molecule has 0 spiro atoms. The third-order valence-corrected chi connectivity index (χ3v) is 5.27. The molecule has 0 saturated carbocycles. The number of thioether (sulfide) groups is 1. The van der Waals surface area contributed by atoms with Crippen molar-refractivity contribution in [1.82, 2.24) is 15.0 Å². The number of hydrazone groups is 1. The van der Waals surface area contributed by atoms with Gasteiger partial charge in [0.1, 0.15) is 0 Å². The summed E-state index contributed by atoms with van der Waals surface area (Å²) < 4.78 is 12.4. The van der Waals surface area contributed by atoms with Crippen LogP contribution in [0.25, 0.3) is 11.0 Å². The number of rotatable bonds is 9. The third-order valence-electron chi connectivity index (χ3n) is 4.24. The van der Waals surface area contributed by atoms with Crippen molar-refractivity contribution in [3.05, 3.63) is 52.1 Å². The minimum Gasteiger partial charge on any atom is -0.493 e. The first-order valence-corrected chi connectivity index (χ1v) is 10.3. The van der Waals surface area contributed by atoms with Crippen molar-refractivity contribution in [1.29, 1.82) is 0 Å². The number of para-hydroxylation sites is 2. The molecule has 0 unspecified atom stereocenters. The quantitative estimate of drug-likeness (QED) is 0.233. The highest BCUT2D eigenvalue weighted by Gasteiger charge is 2.21. The van der Waals surface area contributed by atoms with Gasteiger partial charge in [0, 0.05) is 18.7 Å². The van der Waals surface area contributed by atoms with Crippen LogP contribution in [-0.4, -0.2) is 46.1 Å². The summed E-state index contributed by atoms with van der Waals surface area (Å²) in [6.45, 7) is 1.98. The van der Waals surface area contributed by atoms with E-state index in [1.807, 2.05) is 35.9 Å². The number of benzene rings is 2. The van der Waals surface area contributed by atoms with E-state index in [1.165, 1.54) is 31.2 Å². The number of carbonyl (C=O) groups excluding carboxylic acids is 1. The summed E-state index contributed by atoms with van der Waals surface area (Å²) in [4.78, 5) is 27.4. The van der Waals surface area contributed by atoms with Crippen LogP contribution in [-0.2, 0) is 11.8 Å². The Morgan fingerprint density at radius 3 is 2.84 bits per heavy atom. The van der Waals surface area contributed by atoms with Gasteiger partial charge in [0.05, 0.1) is 41.6 Å². The predicted molar refractivity (Wildman–Crippen MR) is 118 cm³/mol. The SMILES string of the molecule is CCOc1c(OC)cc(/C=N\NC(=O)CSc2nc3ccccc3n2C)cc1[N+](=O)[O-]. The molecule has 1 aromatic heterocycles. The second-order valence-electron chi connectivity index (χ2n) is 6.29. The number of fused-ring (bicyclic) bond motifs is 1. The molecule has 1 amide bonds. The summed E-state index contributed by atoms with van der Waals surface area (Å²) in [6.07, 6.45) is 1.31. The van der Waals surface area contributed by atoms with Gasteiger partial charge in [-0.25, -0.2) is 10.4 Å². The zero-order valence-corrected chi connectivity index (χ0v) is 18.0. The molecule has 0 fully saturated rings. The lowest BCUT2D eigenvalue weighted by molar-refractivity contribution is -0.385. The highest BCUT2D eigenvalue weighted by Crippen LogP contribution is 2.37. The van der Waals surface area contributed by atoms with E-state index >= 15 is 0 Å². The second-order valence-corrected chi connectivity index (χ2v) is 7.23. The monoisotopic (exact) mass is 443 g/mol. The van der Waals surface area contributed by atoms with Crippen LogP contribution >= 0.6 is 11.8 Å². The molecule has 11 heteroatoms. The molecule has 0 bridgehead atoms. The van der Waals surface area contributed by atoms with Gasteiger partial charge in [-0.15, -0.1) is 0 Å². The number of methoxy groups -OCH3 is 1. The molecular formula is C20H21N5O5S. The van der Waals surface area contributed by atoms with E-state index in [2.05, 4.69) is 15.5 Å². The molecule has 1 N–H and O–H groups in total. The summed E-state index contributed by atoms with van der Waals surface area (Å²) in [7, 11) is 3.28. The Balaban J connectivity index is 1.65. The van der Waals surface area contributed by atoms with Crippen molar-refractivity contribution in [3.63, 3.8) is 0 Å². The van der Waals surface area contributed by atoms with Crippen molar-refractivity contribution in [2.24, 2.45) is 12.1 Å². The number of imidazole rings is 1. The van der Waals surface area contributed by atoms with E-state index in [4.69, 9.17) is 9.47 Å². The highest BCUT2D eigenvalue weighted by atomic mass is 32.2. The fourth-order valence-electron chi connectivity index (χ4n) is 2.85. The first-order chi connectivity index (χ1) is 14.9. The lowest BCUT2D eigenvalue weighted by Gasteiger charge is -2.10. The largest absolute Gasteiger partial charge is 0.493 e. The number of nitro groups is 1. The van der Waals surface area contributed by atoms with Gasteiger partial charge in [0.2, 0.25) is 5.75 Å². The summed E-state index contributed by atoms with van der Waals surface area (Å²) in [5.74, 6) is 0.0401. The van der Waals surface area contributed by atoms with Crippen LogP contribution in [0.2, 0.25) is 0 Å². The minimum absolute atomic E-state index is 0.0510. The molecule has 2 aromatic carbocycles. The molecule has 0 aliphatic carbocycles. The fourth-order valence-corrected chi connectivity index (χ4v) is 3.63. The number of nitrogens with one attached hydrogen (secondary N) is 1. The maximum atomic E-state index is 12.1. The van der Waals surface area contributed by atoms with Crippen molar-refractivity contribution in [2.45, 2.75) is 12.1 Å². The number of ether oxygens (including phenoxy) is 2. The van der Waals surface area contributed by atoms with E-state index in [-0.39, 0.29) is 35.5 Å². The summed E-state index contributed by atoms with van der Waals surface area (Å²) in [5.41, 5.74) is 4.39. The Morgan fingerprint density at radius 1 is 1.39 bits per heavy atom. The van der Waals surface area contributed by atoms with E-state index in [1.54, 1.807) is 13.0 Å². The van der Waals surface area contributed by atoms with E-state index < -0.39 is 4.92 Å². The van der Waals surface area contributed by atoms with Crippen molar-refractivity contribution >= 4 is 40.6 Å². The molecule has 3 aromatic rings. The summed E-state index contributed by atoms with van der Waals surface area (Å²) in [5, 5.41) is 16.0. The van der Waals surface area contributed by atoms with E-state index in [0.717, 1.165) is 11.0 Å². The summed E-state index contributed by atoms with van der Waals surface area (Å²) >= 11 is 1.29. The highest BCUT2D eigenvalue weighted by molar-refractivity contribution is 7.99. The van der Waals surface area contributed by atoms with Crippen LogP contribution in [0.1, 0.15) is 12.5 Å². The second kappa shape index (κ2) is 9.94. The van der Waals surface area contributed by atoms with Crippen LogP contribution in [0.3, 0.4) is 0 Å². The van der Waals surface area contributed by atoms with Crippen molar-refractivity contribution in [3.8, 4) is 11.5 Å². The average Bonchev–Trinajstić information content (AvgIpc) is 3.08. The number of nitro benzene ring substituents is 1. The maximum absolute atomic E-state index is 12.1. The number of nitrogens with zero attached hydrogens (tertiary/aromatic N) is 4.